The summed E-state index contributed by atoms with van der Waals surface area (Å²) in [5.74, 6) is 2.22. The highest BCUT2D eigenvalue weighted by Crippen LogP contribution is 2.19. The average Bonchev–Trinajstić information content (AvgIpc) is 3.12. The zero-order chi connectivity index (χ0) is 16.3. The molecule has 0 spiro atoms. The first-order chi connectivity index (χ1) is 10.4. The molecule has 1 amide bonds. The maximum atomic E-state index is 12.7. The number of imidazole rings is 1. The Morgan fingerprint density at radius 1 is 1.41 bits per heavy atom. The van der Waals surface area contributed by atoms with Crippen LogP contribution in [0.3, 0.4) is 0 Å². The number of carbonyl (C=O) groups excluding carboxylic acids is 1. The van der Waals surface area contributed by atoms with Crippen LogP contribution in [0.25, 0.3) is 0 Å². The molecule has 2 heterocycles. The highest BCUT2D eigenvalue weighted by molar-refractivity contribution is 5.80. The smallest absolute Gasteiger partial charge is 0.245 e. The van der Waals surface area contributed by atoms with Crippen molar-refractivity contribution in [3.63, 3.8) is 0 Å². The molecule has 7 heteroatoms. The lowest BCUT2D eigenvalue weighted by Crippen LogP contribution is -2.36. The third-order valence-corrected chi connectivity index (χ3v) is 3.58. The van der Waals surface area contributed by atoms with Gasteiger partial charge < -0.3 is 14.0 Å². The van der Waals surface area contributed by atoms with Gasteiger partial charge in [0.25, 0.3) is 0 Å². The van der Waals surface area contributed by atoms with Gasteiger partial charge in [0.1, 0.15) is 11.9 Å². The maximum Gasteiger partial charge on any atom is 0.245 e. The van der Waals surface area contributed by atoms with Gasteiger partial charge in [-0.1, -0.05) is 19.0 Å². The second-order valence-electron chi connectivity index (χ2n) is 5.61. The lowest BCUT2D eigenvalue weighted by molar-refractivity contribution is -0.134. The van der Waals surface area contributed by atoms with E-state index in [1.54, 1.807) is 18.0 Å². The predicted molar refractivity (Wildman–Crippen MR) is 81.2 cm³/mol. The van der Waals surface area contributed by atoms with Gasteiger partial charge in [0.15, 0.2) is 5.82 Å². The minimum absolute atomic E-state index is 0.0184. The highest BCUT2D eigenvalue weighted by Gasteiger charge is 2.24. The number of nitrogens with zero attached hydrogens (tertiary/aromatic N) is 5. The van der Waals surface area contributed by atoms with Gasteiger partial charge in [-0.15, -0.1) is 0 Å². The number of aromatic nitrogens is 4. The number of carbonyl (C=O) groups is 1. The molecule has 0 radical (unpaired) electrons. The molecule has 7 nitrogen and oxygen atoms in total. The topological polar surface area (TPSA) is 77.0 Å². The van der Waals surface area contributed by atoms with Crippen LogP contribution in [0.2, 0.25) is 0 Å². The molecule has 1 atom stereocenters. The van der Waals surface area contributed by atoms with Gasteiger partial charge in [0.2, 0.25) is 11.8 Å². The van der Waals surface area contributed by atoms with Gasteiger partial charge in [-0.2, -0.15) is 4.98 Å². The van der Waals surface area contributed by atoms with Crippen molar-refractivity contribution in [2.24, 2.45) is 0 Å². The fraction of sp³-hybridized carbons (Fsp3) is 0.600. The van der Waals surface area contributed by atoms with Crippen molar-refractivity contribution in [3.05, 3.63) is 29.9 Å². The Labute approximate surface area is 130 Å². The molecule has 0 fully saturated rings. The van der Waals surface area contributed by atoms with E-state index >= 15 is 0 Å². The molecule has 0 saturated carbocycles. The molecule has 120 valence electrons. The van der Waals surface area contributed by atoms with E-state index in [4.69, 9.17) is 4.52 Å². The van der Waals surface area contributed by atoms with Crippen LogP contribution in [-0.2, 0) is 11.3 Å². The van der Waals surface area contributed by atoms with Crippen LogP contribution in [0, 0.1) is 6.92 Å². The van der Waals surface area contributed by atoms with Crippen molar-refractivity contribution < 1.29 is 9.32 Å². The minimum atomic E-state index is -0.312. The quantitative estimate of drug-likeness (QED) is 0.818. The number of rotatable bonds is 6. The zero-order valence-electron chi connectivity index (χ0n) is 13.8. The molecule has 0 unspecified atom stereocenters. The Kier molecular flexibility index (Phi) is 4.95. The molecule has 0 N–H and O–H groups in total. The summed E-state index contributed by atoms with van der Waals surface area (Å²) in [5.41, 5.74) is 0. The second kappa shape index (κ2) is 6.72. The summed E-state index contributed by atoms with van der Waals surface area (Å²) in [7, 11) is 0. The molecule has 0 aliphatic rings. The Hall–Kier alpha value is -2.18. The van der Waals surface area contributed by atoms with Crippen LogP contribution in [0.15, 0.2) is 16.9 Å². The van der Waals surface area contributed by atoms with Gasteiger partial charge in [-0.05, 0) is 13.8 Å². The van der Waals surface area contributed by atoms with Crippen molar-refractivity contribution >= 4 is 5.91 Å². The maximum absolute atomic E-state index is 12.7. The van der Waals surface area contributed by atoms with Crippen molar-refractivity contribution in [2.45, 2.75) is 53.1 Å². The number of aryl methyl sites for hydroxylation is 1. The van der Waals surface area contributed by atoms with Crippen molar-refractivity contribution in [1.29, 1.82) is 0 Å². The zero-order valence-corrected chi connectivity index (χ0v) is 13.8. The van der Waals surface area contributed by atoms with Gasteiger partial charge >= 0.3 is 0 Å². The van der Waals surface area contributed by atoms with Gasteiger partial charge in [-0.25, -0.2) is 4.98 Å². The Balaban J connectivity index is 2.15. The SMILES string of the molecule is CCN(Cc1noc(C)n1)C(=O)[C@H](C)n1ccnc1C(C)C. The molecular formula is C15H23N5O2. The molecule has 2 rings (SSSR count). The largest absolute Gasteiger partial charge is 0.340 e. The lowest BCUT2D eigenvalue weighted by Gasteiger charge is -2.25. The molecule has 0 saturated heterocycles. The van der Waals surface area contributed by atoms with Crippen molar-refractivity contribution in [1.82, 2.24) is 24.6 Å². The van der Waals surface area contributed by atoms with E-state index in [1.807, 2.05) is 24.6 Å². The third kappa shape index (κ3) is 3.35. The first-order valence-electron chi connectivity index (χ1n) is 7.54. The summed E-state index contributed by atoms with van der Waals surface area (Å²) in [6.07, 6.45) is 3.59. The minimum Gasteiger partial charge on any atom is -0.340 e. The number of hydrogen-bond acceptors (Lipinski definition) is 5. The summed E-state index contributed by atoms with van der Waals surface area (Å²) < 4.78 is 6.89. The van der Waals surface area contributed by atoms with Gasteiger partial charge in [0, 0.05) is 31.8 Å². The average molecular weight is 305 g/mol. The Morgan fingerprint density at radius 2 is 2.14 bits per heavy atom. The van der Waals surface area contributed by atoms with E-state index in [0.717, 1.165) is 5.82 Å². The van der Waals surface area contributed by atoms with Crippen LogP contribution in [0.1, 0.15) is 57.2 Å². The molecule has 2 aromatic heterocycles. The molecule has 0 aliphatic carbocycles. The summed E-state index contributed by atoms with van der Waals surface area (Å²) in [5, 5.41) is 3.85. The van der Waals surface area contributed by atoms with E-state index in [-0.39, 0.29) is 17.9 Å². The summed E-state index contributed by atoms with van der Waals surface area (Å²) >= 11 is 0. The standard InChI is InChI=1S/C15H23N5O2/c1-6-19(9-13-17-12(5)22-18-13)15(21)11(4)20-8-7-16-14(20)10(2)3/h7-8,10-11H,6,9H2,1-5H3/t11-/m0/s1. The number of amides is 1. The predicted octanol–water partition coefficient (Wildman–Crippen LogP) is 2.31. The monoisotopic (exact) mass is 305 g/mol. The molecule has 2 aromatic rings. The third-order valence-electron chi connectivity index (χ3n) is 3.58. The van der Waals surface area contributed by atoms with Gasteiger partial charge in [0.05, 0.1) is 6.54 Å². The molecule has 0 aromatic carbocycles. The van der Waals surface area contributed by atoms with E-state index in [2.05, 4.69) is 29.0 Å². The number of hydrogen-bond donors (Lipinski definition) is 0. The van der Waals surface area contributed by atoms with E-state index in [1.165, 1.54) is 0 Å². The normalized spacial score (nSPS) is 12.6. The first-order valence-corrected chi connectivity index (χ1v) is 7.54. The van der Waals surface area contributed by atoms with Crippen LogP contribution < -0.4 is 0 Å². The van der Waals surface area contributed by atoms with E-state index in [0.29, 0.717) is 24.8 Å². The first kappa shape index (κ1) is 16.2. The van der Waals surface area contributed by atoms with Crippen LogP contribution in [-0.4, -0.2) is 37.0 Å². The second-order valence-corrected chi connectivity index (χ2v) is 5.61. The van der Waals surface area contributed by atoms with E-state index in [9.17, 15) is 4.79 Å². The molecular weight excluding hydrogens is 282 g/mol. The molecule has 0 bridgehead atoms. The van der Waals surface area contributed by atoms with E-state index < -0.39 is 0 Å². The van der Waals surface area contributed by atoms with Crippen molar-refractivity contribution in [2.75, 3.05) is 6.54 Å². The highest BCUT2D eigenvalue weighted by atomic mass is 16.5. The van der Waals surface area contributed by atoms with Crippen LogP contribution in [0.5, 0.6) is 0 Å². The fourth-order valence-corrected chi connectivity index (χ4v) is 2.40. The molecule has 0 aliphatic heterocycles. The van der Waals surface area contributed by atoms with Gasteiger partial charge in [-0.3, -0.25) is 4.79 Å². The fourth-order valence-electron chi connectivity index (χ4n) is 2.40. The summed E-state index contributed by atoms with van der Waals surface area (Å²) in [6, 6.07) is -0.312. The number of likely N-dealkylation sites (N-methyl/N-ethyl adjacent to an activating group) is 1. The Bertz CT molecular complexity index is 631. The molecule has 22 heavy (non-hydrogen) atoms. The summed E-state index contributed by atoms with van der Waals surface area (Å²) in [6.45, 7) is 10.6. The van der Waals surface area contributed by atoms with Crippen LogP contribution >= 0.6 is 0 Å². The van der Waals surface area contributed by atoms with Crippen LogP contribution in [0.4, 0.5) is 0 Å². The van der Waals surface area contributed by atoms with Crippen molar-refractivity contribution in [3.8, 4) is 0 Å². The Morgan fingerprint density at radius 3 is 2.68 bits per heavy atom. The summed E-state index contributed by atoms with van der Waals surface area (Å²) in [4.78, 5) is 23.0. The lowest BCUT2D eigenvalue weighted by atomic mass is 10.2.